The normalized spacial score (nSPS) is 10.7. The van der Waals surface area contributed by atoms with Crippen LogP contribution in [0.3, 0.4) is 0 Å². The molecule has 0 atom stereocenters. The van der Waals surface area contributed by atoms with E-state index in [1.165, 1.54) is 29.3 Å². The van der Waals surface area contributed by atoms with E-state index in [4.69, 9.17) is 9.47 Å². The highest BCUT2D eigenvalue weighted by molar-refractivity contribution is 7.17. The van der Waals surface area contributed by atoms with Crippen molar-refractivity contribution in [1.29, 1.82) is 0 Å². The van der Waals surface area contributed by atoms with Crippen LogP contribution in [-0.4, -0.2) is 42.8 Å². The molecular weight excluding hydrogens is 458 g/mol. The Labute approximate surface area is 198 Å². The first kappa shape index (κ1) is 23.0. The van der Waals surface area contributed by atoms with Gasteiger partial charge in [0.05, 0.1) is 38.6 Å². The first-order valence-electron chi connectivity index (χ1n) is 10.1. The molecule has 0 aliphatic rings. The van der Waals surface area contributed by atoms with Crippen LogP contribution >= 0.6 is 11.3 Å². The Kier molecular flexibility index (Phi) is 6.60. The van der Waals surface area contributed by atoms with Gasteiger partial charge in [-0.1, -0.05) is 6.07 Å². The number of fused-ring (bicyclic) bond motifs is 1. The summed E-state index contributed by atoms with van der Waals surface area (Å²) in [5, 5.41) is 4.99. The van der Waals surface area contributed by atoms with Crippen molar-refractivity contribution >= 4 is 39.1 Å². The van der Waals surface area contributed by atoms with Gasteiger partial charge in [0.1, 0.15) is 11.4 Å². The molecule has 9 nitrogen and oxygen atoms in total. The van der Waals surface area contributed by atoms with Gasteiger partial charge in [0.2, 0.25) is 5.91 Å². The molecule has 2 heterocycles. The van der Waals surface area contributed by atoms with Crippen LogP contribution in [0.5, 0.6) is 11.5 Å². The number of thiophene rings is 1. The summed E-state index contributed by atoms with van der Waals surface area (Å²) >= 11 is 1.35. The van der Waals surface area contributed by atoms with Gasteiger partial charge in [0.15, 0.2) is 11.5 Å². The van der Waals surface area contributed by atoms with E-state index < -0.39 is 11.9 Å². The second-order valence-electron chi connectivity index (χ2n) is 7.19. The van der Waals surface area contributed by atoms with Gasteiger partial charge in [-0.15, -0.1) is 11.3 Å². The summed E-state index contributed by atoms with van der Waals surface area (Å²) in [5.74, 6) is 0.251. The third-order valence-corrected chi connectivity index (χ3v) is 6.05. The molecule has 0 radical (unpaired) electrons. The zero-order chi connectivity index (χ0) is 24.2. The molecule has 10 heteroatoms. The average Bonchev–Trinajstić information content (AvgIpc) is 3.30. The van der Waals surface area contributed by atoms with Crippen molar-refractivity contribution in [2.75, 3.05) is 26.6 Å². The highest BCUT2D eigenvalue weighted by Gasteiger charge is 2.16. The second kappa shape index (κ2) is 9.75. The molecule has 4 rings (SSSR count). The molecule has 2 aromatic carbocycles. The van der Waals surface area contributed by atoms with Crippen LogP contribution < -0.4 is 20.3 Å². The van der Waals surface area contributed by atoms with Gasteiger partial charge >= 0.3 is 5.97 Å². The van der Waals surface area contributed by atoms with Crippen LogP contribution in [0.15, 0.2) is 59.0 Å². The summed E-state index contributed by atoms with van der Waals surface area (Å²) in [6.07, 6.45) is 1.36. The summed E-state index contributed by atoms with van der Waals surface area (Å²) in [7, 11) is 4.40. The molecule has 34 heavy (non-hydrogen) atoms. The minimum absolute atomic E-state index is 0.220. The van der Waals surface area contributed by atoms with Gasteiger partial charge in [0, 0.05) is 16.6 Å². The van der Waals surface area contributed by atoms with E-state index >= 15 is 0 Å². The number of carbonyl (C=O) groups excluding carboxylic acids is 2. The maximum absolute atomic E-state index is 13.2. The molecule has 0 saturated heterocycles. The zero-order valence-corrected chi connectivity index (χ0v) is 19.5. The number of aromatic nitrogens is 2. The first-order valence-corrected chi connectivity index (χ1v) is 11.0. The van der Waals surface area contributed by atoms with Gasteiger partial charge < -0.3 is 19.5 Å². The Morgan fingerprint density at radius 1 is 1.03 bits per heavy atom. The highest BCUT2D eigenvalue weighted by atomic mass is 32.1. The number of carbonyl (C=O) groups is 2. The van der Waals surface area contributed by atoms with Gasteiger partial charge in [0.25, 0.3) is 5.56 Å². The molecule has 0 saturated carbocycles. The van der Waals surface area contributed by atoms with E-state index in [1.54, 1.807) is 50.6 Å². The fourth-order valence-corrected chi connectivity index (χ4v) is 4.37. The smallest absolute Gasteiger partial charge is 0.337 e. The predicted octanol–water partition coefficient (Wildman–Crippen LogP) is 3.57. The van der Waals surface area contributed by atoms with Crippen molar-refractivity contribution < 1.29 is 23.8 Å². The third-order valence-electron chi connectivity index (χ3n) is 5.16. The van der Waals surface area contributed by atoms with Crippen LogP contribution in [0, 0.1) is 0 Å². The number of methoxy groups -OCH3 is 3. The minimum Gasteiger partial charge on any atom is -0.493 e. The number of nitrogens with zero attached hydrogens (tertiary/aromatic N) is 2. The van der Waals surface area contributed by atoms with Crippen LogP contribution in [0.1, 0.15) is 10.4 Å². The number of ether oxygens (including phenoxy) is 3. The topological polar surface area (TPSA) is 109 Å². The van der Waals surface area contributed by atoms with E-state index in [-0.39, 0.29) is 12.1 Å². The van der Waals surface area contributed by atoms with Crippen LogP contribution in [0.4, 0.5) is 5.69 Å². The molecule has 0 bridgehead atoms. The quantitative estimate of drug-likeness (QED) is 0.404. The third kappa shape index (κ3) is 4.48. The standard InChI is InChI=1S/C24H21N3O6S/c1-31-18-9-6-15(10-19(18)32-2)17-12-34-22-21(17)23(29)27(13-25-22)11-20(28)26-16-7-4-14(5-8-16)24(30)33-3/h4-10,12-13H,11H2,1-3H3,(H,26,28). The van der Waals surface area contributed by atoms with Crippen molar-refractivity contribution in [2.24, 2.45) is 0 Å². The zero-order valence-electron chi connectivity index (χ0n) is 18.7. The summed E-state index contributed by atoms with van der Waals surface area (Å²) in [5.41, 5.74) is 2.00. The van der Waals surface area contributed by atoms with Gasteiger partial charge in [-0.3, -0.25) is 14.2 Å². The van der Waals surface area contributed by atoms with Crippen LogP contribution in [-0.2, 0) is 16.1 Å². The van der Waals surface area contributed by atoms with Crippen LogP contribution in [0.25, 0.3) is 21.3 Å². The molecule has 1 amide bonds. The lowest BCUT2D eigenvalue weighted by Gasteiger charge is -2.10. The largest absolute Gasteiger partial charge is 0.493 e. The monoisotopic (exact) mass is 479 g/mol. The van der Waals surface area contributed by atoms with Crippen LogP contribution in [0.2, 0.25) is 0 Å². The fourth-order valence-electron chi connectivity index (χ4n) is 3.46. The lowest BCUT2D eigenvalue weighted by atomic mass is 10.1. The maximum Gasteiger partial charge on any atom is 0.337 e. The van der Waals surface area contributed by atoms with Gasteiger partial charge in [-0.25, -0.2) is 9.78 Å². The van der Waals surface area contributed by atoms with Gasteiger partial charge in [-0.05, 0) is 42.0 Å². The molecule has 2 aromatic heterocycles. The number of amides is 1. The molecule has 174 valence electrons. The second-order valence-corrected chi connectivity index (χ2v) is 8.05. The van der Waals surface area contributed by atoms with E-state index in [2.05, 4.69) is 15.0 Å². The van der Waals surface area contributed by atoms with E-state index in [0.29, 0.717) is 38.5 Å². The Bertz CT molecular complexity index is 1430. The predicted molar refractivity (Wildman–Crippen MR) is 129 cm³/mol. The molecule has 0 spiro atoms. The van der Waals surface area contributed by atoms with Crippen molar-refractivity contribution in [3.8, 4) is 22.6 Å². The molecular formula is C24H21N3O6S. The van der Waals surface area contributed by atoms with Crippen molar-refractivity contribution in [3.05, 3.63) is 70.1 Å². The summed E-state index contributed by atoms with van der Waals surface area (Å²) in [6.45, 7) is -0.220. The number of benzene rings is 2. The average molecular weight is 480 g/mol. The summed E-state index contributed by atoms with van der Waals surface area (Å²) < 4.78 is 16.6. The van der Waals surface area contributed by atoms with E-state index in [1.807, 2.05) is 11.4 Å². The lowest BCUT2D eigenvalue weighted by molar-refractivity contribution is -0.116. The molecule has 0 aliphatic carbocycles. The Balaban J connectivity index is 1.60. The number of hydrogen-bond donors (Lipinski definition) is 1. The maximum atomic E-state index is 13.2. The Morgan fingerprint density at radius 2 is 1.76 bits per heavy atom. The number of anilines is 1. The summed E-state index contributed by atoms with van der Waals surface area (Å²) in [4.78, 5) is 42.3. The Morgan fingerprint density at radius 3 is 2.44 bits per heavy atom. The van der Waals surface area contributed by atoms with Crippen molar-refractivity contribution in [1.82, 2.24) is 9.55 Å². The van der Waals surface area contributed by atoms with E-state index in [9.17, 15) is 14.4 Å². The number of rotatable bonds is 7. The number of hydrogen-bond acceptors (Lipinski definition) is 8. The minimum atomic E-state index is -0.468. The van der Waals surface area contributed by atoms with Crippen molar-refractivity contribution in [3.63, 3.8) is 0 Å². The number of esters is 1. The Hall–Kier alpha value is -4.18. The first-order chi connectivity index (χ1) is 16.4. The fraction of sp³-hybridized carbons (Fsp3) is 0.167. The lowest BCUT2D eigenvalue weighted by Crippen LogP contribution is -2.27. The molecule has 0 fully saturated rings. The molecule has 0 aliphatic heterocycles. The summed E-state index contributed by atoms with van der Waals surface area (Å²) in [6, 6.07) is 11.7. The number of nitrogens with one attached hydrogen (secondary N) is 1. The molecule has 1 N–H and O–H groups in total. The van der Waals surface area contributed by atoms with Crippen molar-refractivity contribution in [2.45, 2.75) is 6.54 Å². The molecule has 0 unspecified atom stereocenters. The van der Waals surface area contributed by atoms with Gasteiger partial charge in [-0.2, -0.15) is 0 Å². The van der Waals surface area contributed by atoms with E-state index in [0.717, 1.165) is 5.56 Å². The molecule has 4 aromatic rings. The SMILES string of the molecule is COC(=O)c1ccc(NC(=O)Cn2cnc3scc(-c4ccc(OC)c(OC)c4)c3c2=O)cc1. The highest BCUT2D eigenvalue weighted by Crippen LogP contribution is 2.36.